The van der Waals surface area contributed by atoms with Gasteiger partial charge in [0.25, 0.3) is 0 Å². The van der Waals surface area contributed by atoms with Crippen LogP contribution in [0.1, 0.15) is 50.2 Å². The molecule has 3 N–H and O–H groups in total. The van der Waals surface area contributed by atoms with E-state index in [-0.39, 0.29) is 11.9 Å². The second kappa shape index (κ2) is 8.91. The first-order valence-corrected chi connectivity index (χ1v) is 10.1. The molecule has 0 saturated heterocycles. The second-order valence-corrected chi connectivity index (χ2v) is 7.48. The highest BCUT2D eigenvalue weighted by atomic mass is 16.2. The van der Waals surface area contributed by atoms with Crippen molar-refractivity contribution >= 4 is 23.3 Å². The SMILES string of the molecule is CCNC(=O)Nc1cccc(NC(=O)C2(c3ccccc3C)CCCCC2)c1. The Labute approximate surface area is 166 Å². The Hall–Kier alpha value is -2.82. The summed E-state index contributed by atoms with van der Waals surface area (Å²) in [6.07, 6.45) is 5.01. The fourth-order valence-electron chi connectivity index (χ4n) is 4.15. The molecule has 0 aliphatic heterocycles. The predicted octanol–water partition coefficient (Wildman–Crippen LogP) is 4.98. The Bertz CT molecular complexity index is 841. The molecular formula is C23H29N3O2. The summed E-state index contributed by atoms with van der Waals surface area (Å²) in [5.74, 6) is 0.0386. The van der Waals surface area contributed by atoms with Gasteiger partial charge in [0.15, 0.2) is 0 Å². The molecular weight excluding hydrogens is 350 g/mol. The van der Waals surface area contributed by atoms with Gasteiger partial charge in [0.2, 0.25) is 5.91 Å². The van der Waals surface area contributed by atoms with Gasteiger partial charge in [0.05, 0.1) is 5.41 Å². The summed E-state index contributed by atoms with van der Waals surface area (Å²) in [5.41, 5.74) is 3.14. The monoisotopic (exact) mass is 379 g/mol. The van der Waals surface area contributed by atoms with E-state index in [1.807, 2.05) is 37.3 Å². The van der Waals surface area contributed by atoms with Crippen molar-refractivity contribution in [3.05, 3.63) is 59.7 Å². The van der Waals surface area contributed by atoms with Gasteiger partial charge in [-0.2, -0.15) is 0 Å². The highest BCUT2D eigenvalue weighted by Crippen LogP contribution is 2.41. The van der Waals surface area contributed by atoms with Gasteiger partial charge < -0.3 is 16.0 Å². The standard InChI is InChI=1S/C23H29N3O2/c1-3-24-22(28)26-19-12-9-11-18(16-19)25-21(27)23(14-7-4-8-15-23)20-13-6-5-10-17(20)2/h5-6,9-13,16H,3-4,7-8,14-15H2,1-2H3,(H,25,27)(H2,24,26,28). The minimum Gasteiger partial charge on any atom is -0.338 e. The van der Waals surface area contributed by atoms with Gasteiger partial charge >= 0.3 is 6.03 Å². The van der Waals surface area contributed by atoms with Crippen molar-refractivity contribution in [2.24, 2.45) is 0 Å². The number of carbonyl (C=O) groups is 2. The lowest BCUT2D eigenvalue weighted by molar-refractivity contribution is -0.122. The molecule has 0 heterocycles. The van der Waals surface area contributed by atoms with Crippen LogP contribution < -0.4 is 16.0 Å². The van der Waals surface area contributed by atoms with E-state index in [9.17, 15) is 9.59 Å². The molecule has 1 saturated carbocycles. The van der Waals surface area contributed by atoms with Gasteiger partial charge in [-0.15, -0.1) is 0 Å². The lowest BCUT2D eigenvalue weighted by Gasteiger charge is -2.37. The van der Waals surface area contributed by atoms with Crippen LogP contribution in [0.15, 0.2) is 48.5 Å². The first kappa shape index (κ1) is 19.9. The Morgan fingerprint density at radius 2 is 1.61 bits per heavy atom. The van der Waals surface area contributed by atoms with Crippen LogP contribution in [0.3, 0.4) is 0 Å². The summed E-state index contributed by atoms with van der Waals surface area (Å²) in [6, 6.07) is 15.2. The predicted molar refractivity (Wildman–Crippen MR) is 114 cm³/mol. The van der Waals surface area contributed by atoms with Gasteiger partial charge in [-0.05, 0) is 56.0 Å². The summed E-state index contributed by atoms with van der Waals surface area (Å²) in [4.78, 5) is 25.2. The molecule has 5 heteroatoms. The van der Waals surface area contributed by atoms with E-state index in [4.69, 9.17) is 0 Å². The molecule has 0 spiro atoms. The number of rotatable bonds is 5. The number of benzene rings is 2. The molecule has 0 atom stereocenters. The number of urea groups is 1. The first-order valence-electron chi connectivity index (χ1n) is 10.1. The number of anilines is 2. The average Bonchev–Trinajstić information content (AvgIpc) is 2.69. The fourth-order valence-corrected chi connectivity index (χ4v) is 4.15. The zero-order chi connectivity index (χ0) is 20.0. The molecule has 148 valence electrons. The van der Waals surface area contributed by atoms with Crippen molar-refractivity contribution in [3.63, 3.8) is 0 Å². The fraction of sp³-hybridized carbons (Fsp3) is 0.391. The third-order valence-corrected chi connectivity index (χ3v) is 5.52. The quantitative estimate of drug-likeness (QED) is 0.686. The number of carbonyl (C=O) groups excluding carboxylic acids is 2. The molecule has 0 unspecified atom stereocenters. The van der Waals surface area contributed by atoms with E-state index in [1.54, 1.807) is 6.07 Å². The molecule has 2 aromatic rings. The maximum absolute atomic E-state index is 13.5. The van der Waals surface area contributed by atoms with E-state index in [0.29, 0.717) is 17.9 Å². The number of hydrogen-bond donors (Lipinski definition) is 3. The molecule has 0 aromatic heterocycles. The van der Waals surface area contributed by atoms with E-state index in [1.165, 1.54) is 6.42 Å². The smallest absolute Gasteiger partial charge is 0.319 e. The highest BCUT2D eigenvalue weighted by molar-refractivity contribution is 6.00. The van der Waals surface area contributed by atoms with Gasteiger partial charge in [0, 0.05) is 17.9 Å². The first-order chi connectivity index (χ1) is 13.5. The average molecular weight is 380 g/mol. The van der Waals surface area contributed by atoms with Crippen molar-refractivity contribution in [1.29, 1.82) is 0 Å². The number of aryl methyl sites for hydroxylation is 1. The minimum absolute atomic E-state index is 0.0386. The van der Waals surface area contributed by atoms with Crippen molar-refractivity contribution in [3.8, 4) is 0 Å². The third-order valence-electron chi connectivity index (χ3n) is 5.52. The Morgan fingerprint density at radius 1 is 0.929 bits per heavy atom. The number of nitrogens with one attached hydrogen (secondary N) is 3. The maximum atomic E-state index is 13.5. The van der Waals surface area contributed by atoms with Crippen molar-refractivity contribution in [2.45, 2.75) is 51.4 Å². The van der Waals surface area contributed by atoms with Crippen LogP contribution in [0, 0.1) is 6.92 Å². The van der Waals surface area contributed by atoms with Crippen LogP contribution in [0.4, 0.5) is 16.2 Å². The van der Waals surface area contributed by atoms with E-state index in [2.05, 4.69) is 35.0 Å². The molecule has 1 fully saturated rings. The normalized spacial score (nSPS) is 15.5. The van der Waals surface area contributed by atoms with Crippen LogP contribution in [0.5, 0.6) is 0 Å². The van der Waals surface area contributed by atoms with Gasteiger partial charge in [-0.3, -0.25) is 4.79 Å². The molecule has 0 radical (unpaired) electrons. The Balaban J connectivity index is 1.83. The summed E-state index contributed by atoms with van der Waals surface area (Å²) >= 11 is 0. The largest absolute Gasteiger partial charge is 0.338 e. The maximum Gasteiger partial charge on any atom is 0.319 e. The Morgan fingerprint density at radius 3 is 2.29 bits per heavy atom. The van der Waals surface area contributed by atoms with Crippen LogP contribution in [0.25, 0.3) is 0 Å². The van der Waals surface area contributed by atoms with E-state index < -0.39 is 5.41 Å². The van der Waals surface area contributed by atoms with E-state index >= 15 is 0 Å². The molecule has 3 amide bonds. The van der Waals surface area contributed by atoms with Crippen molar-refractivity contribution in [2.75, 3.05) is 17.2 Å². The van der Waals surface area contributed by atoms with Crippen LogP contribution in [0.2, 0.25) is 0 Å². The lowest BCUT2D eigenvalue weighted by atomic mass is 9.67. The van der Waals surface area contributed by atoms with E-state index in [0.717, 1.165) is 36.8 Å². The van der Waals surface area contributed by atoms with Gasteiger partial charge in [0.1, 0.15) is 0 Å². The van der Waals surface area contributed by atoms with Crippen molar-refractivity contribution < 1.29 is 9.59 Å². The molecule has 2 aromatic carbocycles. The zero-order valence-electron chi connectivity index (χ0n) is 16.7. The van der Waals surface area contributed by atoms with Crippen LogP contribution in [-0.2, 0) is 10.2 Å². The molecule has 1 aliphatic carbocycles. The summed E-state index contributed by atoms with van der Waals surface area (Å²) in [5, 5.41) is 8.60. The van der Waals surface area contributed by atoms with Crippen LogP contribution in [-0.4, -0.2) is 18.5 Å². The molecule has 1 aliphatic rings. The summed E-state index contributed by atoms with van der Waals surface area (Å²) in [6.45, 7) is 4.50. The Kier molecular flexibility index (Phi) is 6.34. The molecule has 0 bridgehead atoms. The summed E-state index contributed by atoms with van der Waals surface area (Å²) < 4.78 is 0. The molecule has 28 heavy (non-hydrogen) atoms. The van der Waals surface area contributed by atoms with Crippen LogP contribution >= 0.6 is 0 Å². The zero-order valence-corrected chi connectivity index (χ0v) is 16.7. The van der Waals surface area contributed by atoms with Crippen molar-refractivity contribution in [1.82, 2.24) is 5.32 Å². The number of amides is 3. The molecule has 3 rings (SSSR count). The number of hydrogen-bond acceptors (Lipinski definition) is 2. The minimum atomic E-state index is -0.493. The van der Waals surface area contributed by atoms with Gasteiger partial charge in [-0.25, -0.2) is 4.79 Å². The summed E-state index contributed by atoms with van der Waals surface area (Å²) in [7, 11) is 0. The van der Waals surface area contributed by atoms with Gasteiger partial charge in [-0.1, -0.05) is 49.6 Å². The molecule has 5 nitrogen and oxygen atoms in total. The third kappa shape index (κ3) is 4.35. The second-order valence-electron chi connectivity index (χ2n) is 7.48. The highest BCUT2D eigenvalue weighted by Gasteiger charge is 2.41. The lowest BCUT2D eigenvalue weighted by Crippen LogP contribution is -2.42. The topological polar surface area (TPSA) is 70.2 Å².